The summed E-state index contributed by atoms with van der Waals surface area (Å²) in [6, 6.07) is 2.88. The van der Waals surface area contributed by atoms with E-state index in [1.165, 1.54) is 22.6 Å². The van der Waals surface area contributed by atoms with Crippen LogP contribution in [0.15, 0.2) is 35.1 Å². The third kappa shape index (κ3) is 8.40. The molecule has 1 aliphatic rings. The second-order valence-electron chi connectivity index (χ2n) is 6.23. The SMILES string of the molecule is COC1CCN(S(=O)(=O)c2ccc(OC/C(=C/F)CN)nc2)CC1.O=C(O)C(F)(F)F. The average Bonchev–Trinajstić information content (AvgIpc) is 2.74. The van der Waals surface area contributed by atoms with Gasteiger partial charge in [-0.2, -0.15) is 17.5 Å². The molecule has 14 heteroatoms. The quantitative estimate of drug-likeness (QED) is 0.572. The Balaban J connectivity index is 0.000000592. The molecule has 1 fully saturated rings. The smallest absolute Gasteiger partial charge is 0.475 e. The molecule has 2 rings (SSSR count). The molecule has 1 aromatic heterocycles. The van der Waals surface area contributed by atoms with Crippen molar-refractivity contribution >= 4 is 16.0 Å². The lowest BCUT2D eigenvalue weighted by atomic mass is 10.1. The number of piperidine rings is 1. The summed E-state index contributed by atoms with van der Waals surface area (Å²) < 4.78 is 81.2. The number of aliphatic carboxylic acids is 1. The number of halogens is 4. The largest absolute Gasteiger partial charge is 0.490 e. The zero-order chi connectivity index (χ0) is 23.7. The van der Waals surface area contributed by atoms with Crippen molar-refractivity contribution in [3.05, 3.63) is 30.2 Å². The van der Waals surface area contributed by atoms with Gasteiger partial charge < -0.3 is 20.3 Å². The number of alkyl halides is 3. The number of ether oxygens (including phenoxy) is 2. The van der Waals surface area contributed by atoms with Crippen molar-refractivity contribution in [2.24, 2.45) is 5.73 Å². The van der Waals surface area contributed by atoms with Crippen molar-refractivity contribution < 1.29 is 45.4 Å². The number of nitrogens with zero attached hydrogens (tertiary/aromatic N) is 2. The van der Waals surface area contributed by atoms with Crippen LogP contribution in [0.1, 0.15) is 12.8 Å². The number of hydrogen-bond donors (Lipinski definition) is 2. The van der Waals surface area contributed by atoms with Crippen molar-refractivity contribution in [3.63, 3.8) is 0 Å². The van der Waals surface area contributed by atoms with Crippen molar-refractivity contribution in [1.29, 1.82) is 0 Å². The van der Waals surface area contributed by atoms with Crippen LogP contribution in [0.3, 0.4) is 0 Å². The molecule has 0 radical (unpaired) electrons. The first-order valence-corrected chi connectivity index (χ1v) is 10.3. The van der Waals surface area contributed by atoms with Crippen LogP contribution in [0.25, 0.3) is 0 Å². The Bertz CT molecular complexity index is 838. The third-order valence-corrected chi connectivity index (χ3v) is 6.03. The van der Waals surface area contributed by atoms with Crippen molar-refractivity contribution in [1.82, 2.24) is 9.29 Å². The number of carbonyl (C=O) groups is 1. The molecule has 0 spiro atoms. The van der Waals surface area contributed by atoms with Gasteiger partial charge in [-0.25, -0.2) is 22.6 Å². The van der Waals surface area contributed by atoms with Gasteiger partial charge in [-0.15, -0.1) is 0 Å². The number of hydrogen-bond acceptors (Lipinski definition) is 7. The van der Waals surface area contributed by atoms with E-state index >= 15 is 0 Å². The van der Waals surface area contributed by atoms with Crippen LogP contribution in [0.4, 0.5) is 17.6 Å². The molecule has 0 bridgehead atoms. The van der Waals surface area contributed by atoms with Gasteiger partial charge in [0, 0.05) is 38.4 Å². The monoisotopic (exact) mass is 473 g/mol. The average molecular weight is 473 g/mol. The Morgan fingerprint density at radius 1 is 1.35 bits per heavy atom. The molecule has 0 amide bonds. The van der Waals surface area contributed by atoms with Gasteiger partial charge in [0.2, 0.25) is 15.9 Å². The molecular weight excluding hydrogens is 450 g/mol. The summed E-state index contributed by atoms with van der Waals surface area (Å²) in [6.45, 7) is 0.845. The van der Waals surface area contributed by atoms with Gasteiger partial charge in [-0.05, 0) is 18.9 Å². The standard InChI is InChI=1S/C15H22FN3O4S.C2HF3O2/c1-22-13-4-6-19(7-5-13)24(20,21)14-2-3-15(18-10-14)23-11-12(8-16)9-17;3-2(4,5)1(6)7/h2-3,8,10,13H,4-7,9,11,17H2,1H3;(H,6,7)/b12-8+;. The molecular formula is C17H23F4N3O6S. The normalized spacial score (nSPS) is 16.4. The Morgan fingerprint density at radius 3 is 2.32 bits per heavy atom. The molecule has 0 saturated carbocycles. The highest BCUT2D eigenvalue weighted by Gasteiger charge is 2.38. The van der Waals surface area contributed by atoms with Crippen LogP contribution in [-0.4, -0.2) is 74.4 Å². The topological polar surface area (TPSA) is 132 Å². The van der Waals surface area contributed by atoms with E-state index in [9.17, 15) is 26.0 Å². The number of rotatable bonds is 7. The lowest BCUT2D eigenvalue weighted by molar-refractivity contribution is -0.192. The minimum atomic E-state index is -5.08. The Hall–Kier alpha value is -2.29. The first kappa shape index (κ1) is 26.7. The Morgan fingerprint density at radius 2 is 1.94 bits per heavy atom. The molecule has 3 N–H and O–H groups in total. The van der Waals surface area contributed by atoms with Crippen LogP contribution < -0.4 is 10.5 Å². The van der Waals surface area contributed by atoms with Gasteiger partial charge in [0.1, 0.15) is 11.5 Å². The second-order valence-corrected chi connectivity index (χ2v) is 8.17. The fraction of sp³-hybridized carbons (Fsp3) is 0.529. The highest BCUT2D eigenvalue weighted by Crippen LogP contribution is 2.22. The van der Waals surface area contributed by atoms with Gasteiger partial charge in [-0.1, -0.05) is 0 Å². The molecule has 176 valence electrons. The van der Waals surface area contributed by atoms with Crippen molar-refractivity contribution in [2.75, 3.05) is 33.4 Å². The van der Waals surface area contributed by atoms with E-state index in [1.54, 1.807) is 7.11 Å². The number of sulfonamides is 1. The first-order valence-electron chi connectivity index (χ1n) is 8.85. The van der Waals surface area contributed by atoms with Gasteiger partial charge in [0.25, 0.3) is 0 Å². The van der Waals surface area contributed by atoms with E-state index in [2.05, 4.69) is 4.98 Å². The summed E-state index contributed by atoms with van der Waals surface area (Å²) >= 11 is 0. The highest BCUT2D eigenvalue weighted by atomic mass is 32.2. The number of carboxylic acid groups (broad SMARTS) is 1. The van der Waals surface area contributed by atoms with E-state index in [0.717, 1.165) is 0 Å². The second kappa shape index (κ2) is 11.9. The van der Waals surface area contributed by atoms with Crippen molar-refractivity contribution in [2.45, 2.75) is 30.0 Å². The van der Waals surface area contributed by atoms with E-state index < -0.39 is 22.2 Å². The molecule has 0 atom stereocenters. The van der Waals surface area contributed by atoms with Gasteiger partial charge >= 0.3 is 12.1 Å². The zero-order valence-electron chi connectivity index (χ0n) is 16.5. The number of nitrogens with two attached hydrogens (primary N) is 1. The molecule has 2 heterocycles. The summed E-state index contributed by atoms with van der Waals surface area (Å²) in [4.78, 5) is 13.0. The lowest BCUT2D eigenvalue weighted by Crippen LogP contribution is -2.40. The van der Waals surface area contributed by atoms with Crippen LogP contribution in [0, 0.1) is 0 Å². The van der Waals surface area contributed by atoms with Crippen LogP contribution in [0.5, 0.6) is 5.88 Å². The van der Waals surface area contributed by atoms with Crippen LogP contribution in [-0.2, 0) is 19.6 Å². The first-order chi connectivity index (χ1) is 14.4. The molecule has 1 aromatic rings. The summed E-state index contributed by atoms with van der Waals surface area (Å²) in [5, 5.41) is 7.12. The van der Waals surface area contributed by atoms with E-state index in [0.29, 0.717) is 32.3 Å². The molecule has 0 aromatic carbocycles. The molecule has 0 aliphatic carbocycles. The lowest BCUT2D eigenvalue weighted by Gasteiger charge is -2.30. The van der Waals surface area contributed by atoms with E-state index in [-0.39, 0.29) is 35.6 Å². The van der Waals surface area contributed by atoms with Crippen molar-refractivity contribution in [3.8, 4) is 5.88 Å². The van der Waals surface area contributed by atoms with Crippen LogP contribution in [0.2, 0.25) is 0 Å². The van der Waals surface area contributed by atoms with Gasteiger partial charge in [0.05, 0.1) is 18.6 Å². The maximum Gasteiger partial charge on any atom is 0.490 e. The predicted octanol–water partition coefficient (Wildman–Crippen LogP) is 1.71. The van der Waals surface area contributed by atoms with Crippen LogP contribution >= 0.6 is 0 Å². The Labute approximate surface area is 176 Å². The summed E-state index contributed by atoms with van der Waals surface area (Å²) in [5.74, 6) is -2.55. The summed E-state index contributed by atoms with van der Waals surface area (Å²) in [6.07, 6.45) is -2.01. The third-order valence-electron chi connectivity index (χ3n) is 4.15. The summed E-state index contributed by atoms with van der Waals surface area (Å²) in [7, 11) is -1.95. The minimum Gasteiger partial charge on any atom is -0.475 e. The molecule has 9 nitrogen and oxygen atoms in total. The molecule has 1 aliphatic heterocycles. The van der Waals surface area contributed by atoms with Gasteiger partial charge in [0.15, 0.2) is 0 Å². The van der Waals surface area contributed by atoms with E-state index in [4.69, 9.17) is 25.1 Å². The maximum atomic E-state index is 12.6. The fourth-order valence-corrected chi connectivity index (χ4v) is 3.78. The Kier molecular flexibility index (Phi) is 10.3. The van der Waals surface area contributed by atoms with E-state index in [1.807, 2.05) is 0 Å². The molecule has 31 heavy (non-hydrogen) atoms. The highest BCUT2D eigenvalue weighted by molar-refractivity contribution is 7.89. The predicted molar refractivity (Wildman–Crippen MR) is 100 cm³/mol. The molecule has 0 unspecified atom stereocenters. The van der Waals surface area contributed by atoms with Gasteiger partial charge in [-0.3, -0.25) is 0 Å². The number of aromatic nitrogens is 1. The fourth-order valence-electron chi connectivity index (χ4n) is 2.36. The molecule has 1 saturated heterocycles. The maximum absolute atomic E-state index is 12.6. The number of pyridine rings is 1. The minimum absolute atomic E-state index is 0.0311. The number of carboxylic acids is 1. The summed E-state index contributed by atoms with van der Waals surface area (Å²) in [5.41, 5.74) is 5.62. The zero-order valence-corrected chi connectivity index (χ0v) is 17.3. The number of methoxy groups -OCH3 is 1.